The zero-order chi connectivity index (χ0) is 14.1. The van der Waals surface area contributed by atoms with Gasteiger partial charge in [0.2, 0.25) is 0 Å². The van der Waals surface area contributed by atoms with Crippen molar-refractivity contribution in [3.05, 3.63) is 29.3 Å². The van der Waals surface area contributed by atoms with Crippen molar-refractivity contribution in [1.29, 1.82) is 5.26 Å². The summed E-state index contributed by atoms with van der Waals surface area (Å²) in [6.07, 6.45) is 2.67. The van der Waals surface area contributed by atoms with Crippen LogP contribution in [0.25, 0.3) is 0 Å². The number of nitrogens with zero attached hydrogens (tertiary/aromatic N) is 2. The van der Waals surface area contributed by atoms with Gasteiger partial charge in [-0.3, -0.25) is 4.79 Å². The summed E-state index contributed by atoms with van der Waals surface area (Å²) in [5.74, 6) is -0.973. The first-order valence-corrected chi connectivity index (χ1v) is 6.61. The van der Waals surface area contributed by atoms with Gasteiger partial charge in [-0.05, 0) is 18.9 Å². The molecule has 2 saturated heterocycles. The van der Waals surface area contributed by atoms with E-state index in [2.05, 4.69) is 10.3 Å². The number of rotatable bonds is 2. The van der Waals surface area contributed by atoms with Crippen LogP contribution in [0.2, 0.25) is 0 Å². The summed E-state index contributed by atoms with van der Waals surface area (Å²) < 4.78 is 19.0. The lowest BCUT2D eigenvalue weighted by Gasteiger charge is -2.39. The van der Waals surface area contributed by atoms with Crippen molar-refractivity contribution < 1.29 is 13.9 Å². The predicted octanol–water partition coefficient (Wildman–Crippen LogP) is 1.04. The molecule has 0 aliphatic carbocycles. The van der Waals surface area contributed by atoms with Crippen molar-refractivity contribution in [3.63, 3.8) is 0 Å². The van der Waals surface area contributed by atoms with Crippen molar-refractivity contribution in [2.24, 2.45) is 5.92 Å². The molecule has 0 radical (unpaired) electrons. The van der Waals surface area contributed by atoms with E-state index in [4.69, 9.17) is 10.00 Å². The van der Waals surface area contributed by atoms with Crippen LogP contribution in [0.5, 0.6) is 0 Å². The molecule has 104 valence electrons. The van der Waals surface area contributed by atoms with Crippen molar-refractivity contribution in [2.45, 2.75) is 24.9 Å². The minimum absolute atomic E-state index is 0.0979. The highest BCUT2D eigenvalue weighted by atomic mass is 19.1. The molecule has 3 heterocycles. The SMILES string of the molecule is N#Cc1ncc(C(=O)C2CC3COCC(C2)N3)cc1F. The molecular formula is C14H14FN3O2. The van der Waals surface area contributed by atoms with Gasteiger partial charge in [-0.25, -0.2) is 9.37 Å². The molecule has 2 fully saturated rings. The Labute approximate surface area is 115 Å². The van der Waals surface area contributed by atoms with Gasteiger partial charge in [0.1, 0.15) is 6.07 Å². The number of Topliss-reactive ketones (excluding diaryl/α,β-unsaturated/α-hetero) is 1. The van der Waals surface area contributed by atoms with Crippen LogP contribution in [0.1, 0.15) is 28.9 Å². The van der Waals surface area contributed by atoms with Gasteiger partial charge < -0.3 is 10.1 Å². The molecule has 2 aliphatic heterocycles. The van der Waals surface area contributed by atoms with Crippen LogP contribution in [0.4, 0.5) is 4.39 Å². The molecule has 3 rings (SSSR count). The van der Waals surface area contributed by atoms with E-state index in [9.17, 15) is 9.18 Å². The van der Waals surface area contributed by atoms with Crippen molar-refractivity contribution in [1.82, 2.24) is 10.3 Å². The standard InChI is InChI=1S/C14H14FN3O2/c15-12-3-9(5-17-13(12)4-16)14(19)8-1-10-6-20-7-11(2-8)18-10/h3,5,8,10-11,18H,1-2,6-7H2. The fourth-order valence-corrected chi connectivity index (χ4v) is 2.94. The Morgan fingerprint density at radius 1 is 1.45 bits per heavy atom. The van der Waals surface area contributed by atoms with Gasteiger partial charge in [0.15, 0.2) is 17.3 Å². The number of nitriles is 1. The Morgan fingerprint density at radius 2 is 2.15 bits per heavy atom. The van der Waals surface area contributed by atoms with Gasteiger partial charge in [-0.2, -0.15) is 5.26 Å². The molecule has 0 saturated carbocycles. The Morgan fingerprint density at radius 3 is 2.75 bits per heavy atom. The molecule has 2 aliphatic rings. The highest BCUT2D eigenvalue weighted by Gasteiger charge is 2.35. The highest BCUT2D eigenvalue weighted by molar-refractivity contribution is 5.97. The first-order chi connectivity index (χ1) is 9.67. The lowest BCUT2D eigenvalue weighted by atomic mass is 9.82. The smallest absolute Gasteiger partial charge is 0.176 e. The van der Waals surface area contributed by atoms with E-state index in [0.717, 1.165) is 6.07 Å². The Bertz CT molecular complexity index is 572. The number of ketones is 1. The molecule has 5 nitrogen and oxygen atoms in total. The summed E-state index contributed by atoms with van der Waals surface area (Å²) >= 11 is 0. The van der Waals surface area contributed by atoms with Crippen LogP contribution in [0.15, 0.2) is 12.3 Å². The third-order valence-corrected chi connectivity index (χ3v) is 3.85. The topological polar surface area (TPSA) is 75.0 Å². The van der Waals surface area contributed by atoms with Gasteiger partial charge in [0.05, 0.1) is 13.2 Å². The minimum atomic E-state index is -0.740. The quantitative estimate of drug-likeness (QED) is 0.816. The lowest BCUT2D eigenvalue weighted by molar-refractivity contribution is 0.00951. The Hall–Kier alpha value is -1.84. The maximum absolute atomic E-state index is 13.5. The molecule has 1 N–H and O–H groups in total. The van der Waals surface area contributed by atoms with Crippen LogP contribution >= 0.6 is 0 Å². The molecule has 6 heteroatoms. The molecule has 0 aromatic carbocycles. The third kappa shape index (κ3) is 2.42. The predicted molar refractivity (Wildman–Crippen MR) is 67.5 cm³/mol. The van der Waals surface area contributed by atoms with E-state index in [0.29, 0.717) is 26.1 Å². The molecular weight excluding hydrogens is 261 g/mol. The van der Waals surface area contributed by atoms with Crippen LogP contribution in [-0.4, -0.2) is 36.1 Å². The maximum Gasteiger partial charge on any atom is 0.176 e. The molecule has 2 bridgehead atoms. The fourth-order valence-electron chi connectivity index (χ4n) is 2.94. The largest absolute Gasteiger partial charge is 0.378 e. The average molecular weight is 275 g/mol. The van der Waals surface area contributed by atoms with Gasteiger partial charge >= 0.3 is 0 Å². The molecule has 0 spiro atoms. The summed E-state index contributed by atoms with van der Waals surface area (Å²) in [6.45, 7) is 1.22. The van der Waals surface area contributed by atoms with Gasteiger partial charge in [-0.1, -0.05) is 0 Å². The fraction of sp³-hybridized carbons (Fsp3) is 0.500. The van der Waals surface area contributed by atoms with Crippen molar-refractivity contribution in [3.8, 4) is 6.07 Å². The number of halogens is 1. The second kappa shape index (κ2) is 5.27. The molecule has 2 unspecified atom stereocenters. The number of ether oxygens (including phenoxy) is 1. The van der Waals surface area contributed by atoms with E-state index < -0.39 is 5.82 Å². The minimum Gasteiger partial charge on any atom is -0.378 e. The molecule has 2 atom stereocenters. The number of hydrogen-bond acceptors (Lipinski definition) is 5. The second-order valence-corrected chi connectivity index (χ2v) is 5.30. The zero-order valence-corrected chi connectivity index (χ0v) is 10.8. The van der Waals surface area contributed by atoms with Gasteiger partial charge in [-0.15, -0.1) is 0 Å². The molecule has 20 heavy (non-hydrogen) atoms. The van der Waals surface area contributed by atoms with Gasteiger partial charge in [0, 0.05) is 29.8 Å². The van der Waals surface area contributed by atoms with E-state index >= 15 is 0 Å². The Balaban J connectivity index is 1.79. The summed E-state index contributed by atoms with van der Waals surface area (Å²) in [5, 5.41) is 12.1. The highest BCUT2D eigenvalue weighted by Crippen LogP contribution is 2.27. The maximum atomic E-state index is 13.5. The number of nitrogens with one attached hydrogen (secondary N) is 1. The van der Waals surface area contributed by atoms with E-state index in [1.54, 1.807) is 6.07 Å². The number of pyridine rings is 1. The lowest BCUT2D eigenvalue weighted by Crippen LogP contribution is -2.55. The summed E-state index contributed by atoms with van der Waals surface area (Å²) in [7, 11) is 0. The van der Waals surface area contributed by atoms with Crippen molar-refractivity contribution in [2.75, 3.05) is 13.2 Å². The van der Waals surface area contributed by atoms with E-state index in [1.165, 1.54) is 6.20 Å². The number of hydrogen-bond donors (Lipinski definition) is 1. The van der Waals surface area contributed by atoms with Gasteiger partial charge in [0.25, 0.3) is 0 Å². The number of fused-ring (bicyclic) bond motifs is 2. The Kier molecular flexibility index (Phi) is 3.47. The van der Waals surface area contributed by atoms with E-state index in [1.807, 2.05) is 0 Å². The third-order valence-electron chi connectivity index (χ3n) is 3.85. The summed E-state index contributed by atoms with van der Waals surface area (Å²) in [4.78, 5) is 16.1. The monoisotopic (exact) mass is 275 g/mol. The van der Waals surface area contributed by atoms with Crippen LogP contribution in [-0.2, 0) is 4.74 Å². The zero-order valence-electron chi connectivity index (χ0n) is 10.8. The number of morpholine rings is 1. The normalized spacial score (nSPS) is 28.7. The first-order valence-electron chi connectivity index (χ1n) is 6.61. The summed E-state index contributed by atoms with van der Waals surface area (Å²) in [5.41, 5.74) is -0.0375. The molecule has 1 aromatic heterocycles. The number of piperidine rings is 1. The van der Waals surface area contributed by atoms with E-state index in [-0.39, 0.29) is 35.0 Å². The average Bonchev–Trinajstić information content (AvgIpc) is 2.46. The first kappa shape index (κ1) is 13.2. The van der Waals surface area contributed by atoms with Crippen molar-refractivity contribution >= 4 is 5.78 Å². The second-order valence-electron chi connectivity index (χ2n) is 5.30. The summed E-state index contributed by atoms with van der Waals surface area (Å²) in [6, 6.07) is 3.14. The molecule has 1 aromatic rings. The number of carbonyl (C=O) groups is 1. The van der Waals surface area contributed by atoms with Crippen LogP contribution in [0.3, 0.4) is 0 Å². The number of carbonyl (C=O) groups excluding carboxylic acids is 1. The molecule has 0 amide bonds. The van der Waals surface area contributed by atoms with Crippen LogP contribution < -0.4 is 5.32 Å². The van der Waals surface area contributed by atoms with Crippen LogP contribution in [0, 0.1) is 23.1 Å². The number of aromatic nitrogens is 1.